The number of hydrogen-bond acceptors (Lipinski definition) is 4. The quantitative estimate of drug-likeness (QED) is 0.813. The van der Waals surface area contributed by atoms with Gasteiger partial charge in [-0.15, -0.1) is 0 Å². The predicted molar refractivity (Wildman–Crippen MR) is 98.0 cm³/mol. The first-order valence-electron chi connectivity index (χ1n) is 9.31. The van der Waals surface area contributed by atoms with Crippen molar-refractivity contribution < 1.29 is 19.8 Å². The molecule has 2 N–H and O–H groups in total. The third-order valence-electron chi connectivity index (χ3n) is 6.67. The van der Waals surface area contributed by atoms with Gasteiger partial charge in [-0.1, -0.05) is 48.5 Å². The highest BCUT2D eigenvalue weighted by molar-refractivity contribution is 6.08. The predicted octanol–water partition coefficient (Wildman–Crippen LogP) is 1.62. The number of carbonyl (C=O) groups excluding carboxylic acids is 2. The van der Waals surface area contributed by atoms with Crippen molar-refractivity contribution in [3.8, 4) is 0 Å². The van der Waals surface area contributed by atoms with Crippen LogP contribution < -0.4 is 0 Å². The average molecular weight is 363 g/mol. The number of nitrogens with zero attached hydrogens (tertiary/aromatic N) is 1. The molecule has 2 aromatic rings. The summed E-state index contributed by atoms with van der Waals surface area (Å²) in [6.45, 7) is 0.633. The molecule has 4 aliphatic rings. The zero-order chi connectivity index (χ0) is 18.9. The second kappa shape index (κ2) is 5.50. The Morgan fingerprint density at radius 2 is 1.11 bits per heavy atom. The van der Waals surface area contributed by atoms with Crippen LogP contribution in [0.1, 0.15) is 41.0 Å². The highest BCUT2D eigenvalue weighted by atomic mass is 16.3. The Morgan fingerprint density at radius 1 is 0.778 bits per heavy atom. The molecule has 5 nitrogen and oxygen atoms in total. The number of benzene rings is 2. The van der Waals surface area contributed by atoms with Gasteiger partial charge in [0.1, 0.15) is 0 Å². The van der Waals surface area contributed by atoms with Gasteiger partial charge in [-0.05, 0) is 29.2 Å². The van der Waals surface area contributed by atoms with Crippen molar-refractivity contribution in [2.75, 3.05) is 13.2 Å². The molecule has 27 heavy (non-hydrogen) atoms. The van der Waals surface area contributed by atoms with E-state index in [1.807, 2.05) is 24.3 Å². The van der Waals surface area contributed by atoms with E-state index in [4.69, 9.17) is 0 Å². The first-order chi connectivity index (χ1) is 13.0. The third kappa shape index (κ3) is 1.91. The number of hydrogen-bond donors (Lipinski definition) is 2. The van der Waals surface area contributed by atoms with Crippen LogP contribution >= 0.6 is 0 Å². The molecule has 0 aromatic heterocycles. The fourth-order valence-corrected chi connectivity index (χ4v) is 5.40. The van der Waals surface area contributed by atoms with Crippen LogP contribution in [0.2, 0.25) is 0 Å². The second-order valence-corrected chi connectivity index (χ2v) is 8.09. The van der Waals surface area contributed by atoms with Crippen LogP contribution in [0, 0.1) is 11.8 Å². The van der Waals surface area contributed by atoms with Crippen LogP contribution in [0.5, 0.6) is 0 Å². The number of aliphatic hydroxyl groups is 2. The van der Waals surface area contributed by atoms with E-state index in [2.05, 4.69) is 24.3 Å². The molecule has 138 valence electrons. The van der Waals surface area contributed by atoms with Gasteiger partial charge in [0, 0.05) is 11.8 Å². The molecule has 1 saturated heterocycles. The summed E-state index contributed by atoms with van der Waals surface area (Å²) in [6.07, 6.45) is 0. The normalized spacial score (nSPS) is 28.2. The van der Waals surface area contributed by atoms with Crippen molar-refractivity contribution in [1.82, 2.24) is 4.90 Å². The summed E-state index contributed by atoms with van der Waals surface area (Å²) in [5.41, 5.74) is 3.16. The summed E-state index contributed by atoms with van der Waals surface area (Å²) in [5.74, 6) is -1.87. The lowest BCUT2D eigenvalue weighted by Gasteiger charge is -2.45. The van der Waals surface area contributed by atoms with Crippen LogP contribution in [0.4, 0.5) is 0 Å². The molecule has 0 spiro atoms. The summed E-state index contributed by atoms with van der Waals surface area (Å²) in [6, 6.07) is 16.1. The van der Waals surface area contributed by atoms with Crippen molar-refractivity contribution in [3.05, 3.63) is 70.8 Å². The molecule has 2 bridgehead atoms. The lowest BCUT2D eigenvalue weighted by molar-refractivity contribution is -0.150. The molecule has 2 aromatic carbocycles. The van der Waals surface area contributed by atoms with Gasteiger partial charge in [0.15, 0.2) is 0 Å². The molecule has 1 fully saturated rings. The number of rotatable bonds is 3. The summed E-state index contributed by atoms with van der Waals surface area (Å²) in [5, 5.41) is 19.6. The topological polar surface area (TPSA) is 77.8 Å². The van der Waals surface area contributed by atoms with E-state index >= 15 is 0 Å². The van der Waals surface area contributed by atoms with E-state index < -0.39 is 30.6 Å². The van der Waals surface area contributed by atoms with E-state index in [0.29, 0.717) is 0 Å². The van der Waals surface area contributed by atoms with E-state index in [1.165, 1.54) is 0 Å². The van der Waals surface area contributed by atoms with Crippen molar-refractivity contribution >= 4 is 11.8 Å². The molecule has 0 radical (unpaired) electrons. The van der Waals surface area contributed by atoms with Crippen molar-refractivity contribution in [2.24, 2.45) is 11.8 Å². The Balaban J connectivity index is 1.74. The molecule has 5 heteroatoms. The van der Waals surface area contributed by atoms with Gasteiger partial charge in [0.2, 0.25) is 11.8 Å². The number of amides is 2. The summed E-state index contributed by atoms with van der Waals surface area (Å²) >= 11 is 0. The molecule has 0 saturated carbocycles. The first kappa shape index (κ1) is 16.7. The van der Waals surface area contributed by atoms with Gasteiger partial charge in [-0.3, -0.25) is 14.5 Å². The van der Waals surface area contributed by atoms with Crippen LogP contribution in [-0.2, 0) is 9.59 Å². The molecule has 0 unspecified atom stereocenters. The Labute approximate surface area is 157 Å². The maximum Gasteiger partial charge on any atom is 0.234 e. The lowest BCUT2D eigenvalue weighted by Crippen LogP contribution is -2.55. The minimum absolute atomic E-state index is 0.171. The van der Waals surface area contributed by atoms with Gasteiger partial charge in [-0.25, -0.2) is 0 Å². The Hall–Kier alpha value is -2.50. The molecule has 3 aliphatic carbocycles. The van der Waals surface area contributed by atoms with Gasteiger partial charge in [0.05, 0.1) is 30.6 Å². The average Bonchev–Trinajstić information content (AvgIpc) is 2.99. The zero-order valence-corrected chi connectivity index (χ0v) is 15.0. The van der Waals surface area contributed by atoms with Crippen LogP contribution in [0.3, 0.4) is 0 Å². The summed E-state index contributed by atoms with van der Waals surface area (Å²) < 4.78 is 0. The van der Waals surface area contributed by atoms with Gasteiger partial charge >= 0.3 is 0 Å². The molecule has 2 amide bonds. The maximum atomic E-state index is 13.4. The Morgan fingerprint density at radius 3 is 1.41 bits per heavy atom. The molecule has 1 aliphatic heterocycles. The lowest BCUT2D eigenvalue weighted by atomic mass is 9.55. The van der Waals surface area contributed by atoms with E-state index in [1.54, 1.807) is 6.92 Å². The molecular weight excluding hydrogens is 342 g/mol. The second-order valence-electron chi connectivity index (χ2n) is 8.09. The Bertz CT molecular complexity index is 849. The number of likely N-dealkylation sites (tertiary alicyclic amines) is 1. The van der Waals surface area contributed by atoms with E-state index in [9.17, 15) is 19.8 Å². The minimum atomic E-state index is -1.29. The van der Waals surface area contributed by atoms with Gasteiger partial charge < -0.3 is 10.2 Å². The molecular formula is C22H21NO4. The van der Waals surface area contributed by atoms with Crippen molar-refractivity contribution in [2.45, 2.75) is 24.3 Å². The summed E-state index contributed by atoms with van der Waals surface area (Å²) in [4.78, 5) is 28.0. The van der Waals surface area contributed by atoms with Crippen molar-refractivity contribution in [1.29, 1.82) is 0 Å². The van der Waals surface area contributed by atoms with E-state index in [-0.39, 0.29) is 23.7 Å². The highest BCUT2D eigenvalue weighted by Crippen LogP contribution is 2.61. The standard InChI is InChI=1S/C22H21NO4/c1-22(10-24,11-25)23-20(26)18-16-12-6-2-3-7-13(12)17(19(18)21(23)27)15-9-5-4-8-14(15)16/h2-9,16-19,24-25H,10-11H2,1H3/t16?,17?,18-,19+. The maximum absolute atomic E-state index is 13.4. The monoisotopic (exact) mass is 363 g/mol. The highest BCUT2D eigenvalue weighted by Gasteiger charge is 2.63. The molecule has 1 heterocycles. The molecule has 6 rings (SSSR count). The smallest absolute Gasteiger partial charge is 0.234 e. The van der Waals surface area contributed by atoms with Crippen LogP contribution in [-0.4, -0.2) is 45.7 Å². The van der Waals surface area contributed by atoms with Crippen LogP contribution in [0.15, 0.2) is 48.5 Å². The number of aliphatic hydroxyl groups excluding tert-OH is 2. The van der Waals surface area contributed by atoms with Crippen molar-refractivity contribution in [3.63, 3.8) is 0 Å². The summed E-state index contributed by atoms with van der Waals surface area (Å²) in [7, 11) is 0. The first-order valence-corrected chi connectivity index (χ1v) is 9.31. The fourth-order valence-electron chi connectivity index (χ4n) is 5.40. The minimum Gasteiger partial charge on any atom is -0.394 e. The van der Waals surface area contributed by atoms with Crippen LogP contribution in [0.25, 0.3) is 0 Å². The van der Waals surface area contributed by atoms with Gasteiger partial charge in [0.25, 0.3) is 0 Å². The number of imide groups is 1. The molecule has 2 atom stereocenters. The van der Waals surface area contributed by atoms with E-state index in [0.717, 1.165) is 27.2 Å². The van der Waals surface area contributed by atoms with Gasteiger partial charge in [-0.2, -0.15) is 0 Å². The SMILES string of the molecule is CC(CO)(CO)N1C(=O)[C@@H]2C3c4ccccc4C(c4ccccc43)[C@@H]2C1=O. The third-order valence-corrected chi connectivity index (χ3v) is 6.67. The fraction of sp³-hybridized carbons (Fsp3) is 0.364. The Kier molecular flexibility index (Phi) is 3.39. The zero-order valence-electron chi connectivity index (χ0n) is 15.0. The largest absolute Gasteiger partial charge is 0.394 e. The number of carbonyl (C=O) groups is 2.